The zero-order chi connectivity index (χ0) is 24.9. The second-order valence-corrected chi connectivity index (χ2v) is 12.5. The summed E-state index contributed by atoms with van der Waals surface area (Å²) in [4.78, 5) is 9.53. The molecule has 0 aliphatic rings. The summed E-state index contributed by atoms with van der Waals surface area (Å²) in [6.07, 6.45) is 3.29. The molecule has 0 N–H and O–H groups in total. The van der Waals surface area contributed by atoms with Gasteiger partial charge in [-0.25, -0.2) is 19.3 Å². The molecule has 0 saturated heterocycles. The summed E-state index contributed by atoms with van der Waals surface area (Å²) in [5, 5.41) is 14.2. The highest BCUT2D eigenvalue weighted by Crippen LogP contribution is 2.33. The molecule has 4 aromatic carbocycles. The standard InChI is InChI=1S/C29H24N6P2/c1-5-13-24(14-6-1)36(25-15-7-2-8-16-25)28-30-21-32-34(28)23-35-29(31-22-33-35)37(26-17-9-3-10-18-26)27-19-11-4-12-20-27/h1-22H,23H2. The van der Waals surface area contributed by atoms with Gasteiger partial charge in [-0.15, -0.1) is 0 Å². The van der Waals surface area contributed by atoms with Crippen LogP contribution in [0.25, 0.3) is 0 Å². The Labute approximate surface area is 218 Å². The normalized spacial score (nSPS) is 11.3. The van der Waals surface area contributed by atoms with E-state index >= 15 is 0 Å². The van der Waals surface area contributed by atoms with Crippen molar-refractivity contribution in [3.8, 4) is 0 Å². The summed E-state index contributed by atoms with van der Waals surface area (Å²) in [6.45, 7) is 0.432. The highest BCUT2D eigenvalue weighted by atomic mass is 31.1. The van der Waals surface area contributed by atoms with Crippen LogP contribution in [0.4, 0.5) is 0 Å². The quantitative estimate of drug-likeness (QED) is 0.291. The second-order valence-electron chi connectivity index (χ2n) is 8.27. The topological polar surface area (TPSA) is 61.4 Å². The number of benzene rings is 4. The number of hydrogen-bond acceptors (Lipinski definition) is 4. The van der Waals surface area contributed by atoms with Crippen molar-refractivity contribution in [1.29, 1.82) is 0 Å². The van der Waals surface area contributed by atoms with Crippen molar-refractivity contribution in [3.63, 3.8) is 0 Å². The molecular formula is C29H24N6P2. The first kappa shape index (κ1) is 23.4. The first-order valence-corrected chi connectivity index (χ1v) is 14.6. The Kier molecular flexibility index (Phi) is 6.94. The van der Waals surface area contributed by atoms with Crippen LogP contribution in [0.3, 0.4) is 0 Å². The predicted molar refractivity (Wildman–Crippen MR) is 153 cm³/mol. The summed E-state index contributed by atoms with van der Waals surface area (Å²) < 4.78 is 3.93. The Morgan fingerprint density at radius 3 is 1.03 bits per heavy atom. The molecule has 6 rings (SSSR count). The molecule has 2 heterocycles. The first-order valence-electron chi connectivity index (χ1n) is 11.9. The molecular weight excluding hydrogens is 494 g/mol. The minimum Gasteiger partial charge on any atom is -0.224 e. The lowest BCUT2D eigenvalue weighted by Gasteiger charge is -2.21. The van der Waals surface area contributed by atoms with Crippen molar-refractivity contribution in [2.45, 2.75) is 6.67 Å². The molecule has 0 fully saturated rings. The second kappa shape index (κ2) is 11.0. The fraction of sp³-hybridized carbons (Fsp3) is 0.0345. The molecule has 0 spiro atoms. The van der Waals surface area contributed by atoms with Gasteiger partial charge in [0, 0.05) is 15.8 Å². The molecule has 0 saturated carbocycles. The molecule has 0 aliphatic carbocycles. The van der Waals surface area contributed by atoms with Crippen LogP contribution in [-0.2, 0) is 6.67 Å². The Hall–Kier alpha value is -3.98. The monoisotopic (exact) mass is 518 g/mol. The summed E-state index contributed by atoms with van der Waals surface area (Å²) in [6, 6.07) is 42.2. The Bertz CT molecular complexity index is 1360. The molecule has 180 valence electrons. The largest absolute Gasteiger partial charge is 0.224 e. The minimum atomic E-state index is -0.891. The molecule has 0 atom stereocenters. The van der Waals surface area contributed by atoms with Crippen LogP contribution in [-0.4, -0.2) is 29.5 Å². The SMILES string of the molecule is c1ccc(P(c2ccccc2)c2ncnn2Cn2ncnc2P(c2ccccc2)c2ccccc2)cc1. The van der Waals surface area contributed by atoms with Gasteiger partial charge in [-0.1, -0.05) is 121 Å². The van der Waals surface area contributed by atoms with E-state index in [0.29, 0.717) is 6.67 Å². The van der Waals surface area contributed by atoms with E-state index in [0.717, 1.165) is 11.1 Å². The van der Waals surface area contributed by atoms with Crippen LogP contribution < -0.4 is 32.3 Å². The molecule has 8 heteroatoms. The summed E-state index contributed by atoms with van der Waals surface area (Å²) >= 11 is 0. The van der Waals surface area contributed by atoms with E-state index in [-0.39, 0.29) is 0 Å². The fourth-order valence-electron chi connectivity index (χ4n) is 4.26. The molecule has 0 radical (unpaired) electrons. The molecule has 6 aromatic rings. The Balaban J connectivity index is 1.41. The van der Waals surface area contributed by atoms with Crippen molar-refractivity contribution in [3.05, 3.63) is 134 Å². The van der Waals surface area contributed by atoms with Gasteiger partial charge in [-0.2, -0.15) is 10.2 Å². The highest BCUT2D eigenvalue weighted by Gasteiger charge is 2.25. The molecule has 0 aliphatic heterocycles. The van der Waals surface area contributed by atoms with Crippen molar-refractivity contribution in [1.82, 2.24) is 29.5 Å². The van der Waals surface area contributed by atoms with E-state index in [9.17, 15) is 0 Å². The first-order chi connectivity index (χ1) is 18.4. The third kappa shape index (κ3) is 4.99. The van der Waals surface area contributed by atoms with Gasteiger partial charge in [0.15, 0.2) is 11.1 Å². The van der Waals surface area contributed by atoms with Gasteiger partial charge in [0.2, 0.25) is 0 Å². The lowest BCUT2D eigenvalue weighted by atomic mass is 10.4. The molecule has 0 amide bonds. The van der Waals surface area contributed by atoms with E-state index in [4.69, 9.17) is 9.97 Å². The zero-order valence-corrected chi connectivity index (χ0v) is 21.8. The third-order valence-corrected chi connectivity index (χ3v) is 10.7. The molecule has 2 aromatic heterocycles. The summed E-state index contributed by atoms with van der Waals surface area (Å²) in [5.74, 6) is 0. The van der Waals surface area contributed by atoms with Gasteiger partial charge < -0.3 is 0 Å². The van der Waals surface area contributed by atoms with Gasteiger partial charge >= 0.3 is 0 Å². The third-order valence-electron chi connectivity index (χ3n) is 5.92. The van der Waals surface area contributed by atoms with Crippen LogP contribution >= 0.6 is 15.8 Å². The molecule has 0 bridgehead atoms. The van der Waals surface area contributed by atoms with Crippen LogP contribution in [0.15, 0.2) is 134 Å². The lowest BCUT2D eigenvalue weighted by Crippen LogP contribution is -2.34. The Morgan fingerprint density at radius 1 is 0.432 bits per heavy atom. The number of hydrogen-bond donors (Lipinski definition) is 0. The Morgan fingerprint density at radius 2 is 0.730 bits per heavy atom. The van der Waals surface area contributed by atoms with Gasteiger partial charge in [0.1, 0.15) is 19.3 Å². The van der Waals surface area contributed by atoms with Crippen LogP contribution in [0.2, 0.25) is 0 Å². The van der Waals surface area contributed by atoms with Gasteiger partial charge in [0.25, 0.3) is 0 Å². The highest BCUT2D eigenvalue weighted by molar-refractivity contribution is 7.79. The fourth-order valence-corrected chi connectivity index (χ4v) is 8.68. The summed E-state index contributed by atoms with van der Waals surface area (Å²) in [7, 11) is -1.78. The average molecular weight is 519 g/mol. The molecule has 0 unspecified atom stereocenters. The maximum Gasteiger partial charge on any atom is 0.160 e. The molecule has 6 nitrogen and oxygen atoms in total. The van der Waals surface area contributed by atoms with Crippen molar-refractivity contribution < 1.29 is 0 Å². The predicted octanol–water partition coefficient (Wildman–Crippen LogP) is 2.89. The summed E-state index contributed by atoms with van der Waals surface area (Å²) in [5.41, 5.74) is 1.86. The van der Waals surface area contributed by atoms with Crippen LogP contribution in [0.1, 0.15) is 0 Å². The van der Waals surface area contributed by atoms with Gasteiger partial charge in [0.05, 0.1) is 0 Å². The van der Waals surface area contributed by atoms with Crippen molar-refractivity contribution >= 4 is 48.2 Å². The van der Waals surface area contributed by atoms with Crippen LogP contribution in [0.5, 0.6) is 0 Å². The maximum absolute atomic E-state index is 4.77. The van der Waals surface area contributed by atoms with E-state index in [1.54, 1.807) is 12.7 Å². The van der Waals surface area contributed by atoms with Gasteiger partial charge in [-0.3, -0.25) is 0 Å². The van der Waals surface area contributed by atoms with Gasteiger partial charge in [-0.05, 0) is 21.2 Å². The lowest BCUT2D eigenvalue weighted by molar-refractivity contribution is 0.522. The maximum atomic E-state index is 4.77. The molecule has 37 heavy (non-hydrogen) atoms. The van der Waals surface area contributed by atoms with Crippen molar-refractivity contribution in [2.75, 3.05) is 0 Å². The zero-order valence-electron chi connectivity index (χ0n) is 20.0. The number of rotatable bonds is 8. The van der Waals surface area contributed by atoms with E-state index in [2.05, 4.69) is 107 Å². The van der Waals surface area contributed by atoms with E-state index < -0.39 is 15.8 Å². The van der Waals surface area contributed by atoms with Crippen molar-refractivity contribution in [2.24, 2.45) is 0 Å². The average Bonchev–Trinajstić information content (AvgIpc) is 3.62. The van der Waals surface area contributed by atoms with E-state index in [1.165, 1.54) is 21.2 Å². The van der Waals surface area contributed by atoms with E-state index in [1.807, 2.05) is 33.6 Å². The number of nitrogens with zero attached hydrogens (tertiary/aromatic N) is 6. The van der Waals surface area contributed by atoms with Crippen LogP contribution in [0, 0.1) is 0 Å². The number of aromatic nitrogens is 6. The minimum absolute atomic E-state index is 0.432. The smallest absolute Gasteiger partial charge is 0.160 e.